The topological polar surface area (TPSA) is 111 Å². The van der Waals surface area contributed by atoms with Crippen molar-refractivity contribution in [1.29, 1.82) is 0 Å². The van der Waals surface area contributed by atoms with Crippen molar-refractivity contribution >= 4 is 27.6 Å². The quantitative estimate of drug-likeness (QED) is 0.590. The summed E-state index contributed by atoms with van der Waals surface area (Å²) in [6.07, 6.45) is 2.32. The number of amides is 1. The summed E-state index contributed by atoms with van der Waals surface area (Å²) in [5, 5.41) is 2.69. The highest BCUT2D eigenvalue weighted by molar-refractivity contribution is 7.89. The second-order valence-corrected chi connectivity index (χ2v) is 8.61. The molecule has 160 valence electrons. The molecule has 3 rings (SSSR count). The van der Waals surface area contributed by atoms with Gasteiger partial charge in [-0.15, -0.1) is 0 Å². The van der Waals surface area contributed by atoms with E-state index in [4.69, 9.17) is 9.47 Å². The first kappa shape index (κ1) is 21.8. The van der Waals surface area contributed by atoms with Crippen LogP contribution in [0.5, 0.6) is 5.75 Å². The van der Waals surface area contributed by atoms with Gasteiger partial charge in [0.1, 0.15) is 10.6 Å². The van der Waals surface area contributed by atoms with Crippen LogP contribution in [0.25, 0.3) is 0 Å². The molecule has 0 heterocycles. The number of benzene rings is 2. The molecule has 0 saturated heterocycles. The third-order valence-corrected chi connectivity index (χ3v) is 5.97. The van der Waals surface area contributed by atoms with Crippen molar-refractivity contribution in [2.24, 2.45) is 0 Å². The van der Waals surface area contributed by atoms with Gasteiger partial charge in [0.25, 0.3) is 5.91 Å². The van der Waals surface area contributed by atoms with E-state index in [1.165, 1.54) is 25.3 Å². The maximum Gasteiger partial charge on any atom is 0.338 e. The Bertz CT molecular complexity index is 1030. The molecular weight excluding hydrogens is 408 g/mol. The lowest BCUT2D eigenvalue weighted by molar-refractivity contribution is 0.0505. The van der Waals surface area contributed by atoms with Gasteiger partial charge >= 0.3 is 5.97 Å². The van der Waals surface area contributed by atoms with E-state index in [0.717, 1.165) is 19.3 Å². The Morgan fingerprint density at radius 3 is 2.33 bits per heavy atom. The molecule has 0 radical (unpaired) electrons. The fourth-order valence-electron chi connectivity index (χ4n) is 2.68. The van der Waals surface area contributed by atoms with Crippen molar-refractivity contribution in [3.8, 4) is 5.75 Å². The summed E-state index contributed by atoms with van der Waals surface area (Å²) in [6, 6.07) is 10.4. The number of ether oxygens (including phenoxy) is 2. The van der Waals surface area contributed by atoms with Crippen LogP contribution in [0.15, 0.2) is 47.4 Å². The highest BCUT2D eigenvalue weighted by atomic mass is 32.2. The number of carbonyl (C=O) groups excluding carboxylic acids is 2. The average molecular weight is 432 g/mol. The first-order chi connectivity index (χ1) is 14.3. The zero-order chi connectivity index (χ0) is 21.7. The standard InChI is InChI=1S/C21H24N2O6S/c1-3-12-29-21(25)14-4-7-16(8-5-14)22-20(24)15-6-11-18(28-2)19(13-15)30(26,27)23-17-9-10-17/h4-8,11,13,17,23H,3,9-10,12H2,1-2H3,(H,22,24). The molecule has 9 heteroatoms. The molecule has 1 amide bonds. The van der Waals surface area contributed by atoms with Gasteiger partial charge in [-0.1, -0.05) is 6.92 Å². The minimum absolute atomic E-state index is 0.0697. The molecule has 1 aliphatic carbocycles. The van der Waals surface area contributed by atoms with Crippen LogP contribution in [0, 0.1) is 0 Å². The third kappa shape index (κ3) is 5.37. The number of nitrogens with one attached hydrogen (secondary N) is 2. The van der Waals surface area contributed by atoms with Crippen molar-refractivity contribution in [2.45, 2.75) is 37.1 Å². The van der Waals surface area contributed by atoms with Crippen molar-refractivity contribution in [3.05, 3.63) is 53.6 Å². The zero-order valence-corrected chi connectivity index (χ0v) is 17.6. The fraction of sp³-hybridized carbons (Fsp3) is 0.333. The van der Waals surface area contributed by atoms with Gasteiger partial charge in [0.05, 0.1) is 19.3 Å². The molecule has 2 N–H and O–H groups in total. The molecule has 0 unspecified atom stereocenters. The zero-order valence-electron chi connectivity index (χ0n) is 16.8. The van der Waals surface area contributed by atoms with E-state index in [0.29, 0.717) is 17.9 Å². The Balaban J connectivity index is 1.75. The van der Waals surface area contributed by atoms with Crippen LogP contribution >= 0.6 is 0 Å². The lowest BCUT2D eigenvalue weighted by Crippen LogP contribution is -2.26. The van der Waals surface area contributed by atoms with Gasteiger partial charge in [-0.25, -0.2) is 17.9 Å². The van der Waals surface area contributed by atoms with Crippen LogP contribution in [0.4, 0.5) is 5.69 Å². The van der Waals surface area contributed by atoms with Crippen LogP contribution < -0.4 is 14.8 Å². The Kier molecular flexibility index (Phi) is 6.73. The molecule has 0 bridgehead atoms. The predicted molar refractivity (Wildman–Crippen MR) is 111 cm³/mol. The number of hydrogen-bond acceptors (Lipinski definition) is 6. The van der Waals surface area contributed by atoms with Crippen molar-refractivity contribution in [2.75, 3.05) is 19.0 Å². The van der Waals surface area contributed by atoms with Crippen LogP contribution in [0.3, 0.4) is 0 Å². The second-order valence-electron chi connectivity index (χ2n) is 6.93. The number of carbonyl (C=O) groups is 2. The summed E-state index contributed by atoms with van der Waals surface area (Å²) in [7, 11) is -2.42. The Morgan fingerprint density at radius 1 is 1.07 bits per heavy atom. The summed E-state index contributed by atoms with van der Waals surface area (Å²) in [5.41, 5.74) is 1.01. The van der Waals surface area contributed by atoms with Gasteiger partial charge in [0, 0.05) is 17.3 Å². The second kappa shape index (κ2) is 9.27. The Morgan fingerprint density at radius 2 is 1.73 bits per heavy atom. The first-order valence-electron chi connectivity index (χ1n) is 9.63. The molecule has 1 fully saturated rings. The molecule has 1 saturated carbocycles. The average Bonchev–Trinajstić information content (AvgIpc) is 3.55. The number of methoxy groups -OCH3 is 1. The molecule has 0 aromatic heterocycles. The van der Waals surface area contributed by atoms with Crippen molar-refractivity contribution in [1.82, 2.24) is 4.72 Å². The largest absolute Gasteiger partial charge is 0.495 e. The smallest absolute Gasteiger partial charge is 0.338 e. The summed E-state index contributed by atoms with van der Waals surface area (Å²) in [6.45, 7) is 2.25. The molecule has 2 aromatic rings. The fourth-order valence-corrected chi connectivity index (χ4v) is 4.18. The van der Waals surface area contributed by atoms with E-state index < -0.39 is 21.9 Å². The lowest BCUT2D eigenvalue weighted by Gasteiger charge is -2.12. The maximum absolute atomic E-state index is 12.6. The number of rotatable bonds is 9. The Labute approximate surface area is 175 Å². The number of sulfonamides is 1. The van der Waals surface area contributed by atoms with Gasteiger partial charge in [0.15, 0.2) is 0 Å². The van der Waals surface area contributed by atoms with Crippen LogP contribution in [0.2, 0.25) is 0 Å². The molecular formula is C21H24N2O6S. The van der Waals surface area contributed by atoms with E-state index in [-0.39, 0.29) is 22.3 Å². The number of esters is 1. The van der Waals surface area contributed by atoms with Crippen LogP contribution in [-0.2, 0) is 14.8 Å². The summed E-state index contributed by atoms with van der Waals surface area (Å²) in [4.78, 5) is 24.4. The highest BCUT2D eigenvalue weighted by Crippen LogP contribution is 2.28. The summed E-state index contributed by atoms with van der Waals surface area (Å²) < 4.78 is 38.0. The number of anilines is 1. The van der Waals surface area contributed by atoms with E-state index in [2.05, 4.69) is 10.0 Å². The summed E-state index contributed by atoms with van der Waals surface area (Å²) >= 11 is 0. The molecule has 0 spiro atoms. The van der Waals surface area contributed by atoms with Crippen LogP contribution in [0.1, 0.15) is 46.9 Å². The van der Waals surface area contributed by atoms with Crippen molar-refractivity contribution in [3.63, 3.8) is 0 Å². The van der Waals surface area contributed by atoms with E-state index in [1.807, 2.05) is 6.92 Å². The SMILES string of the molecule is CCCOC(=O)c1ccc(NC(=O)c2ccc(OC)c(S(=O)(=O)NC3CC3)c2)cc1. The molecule has 0 aliphatic heterocycles. The predicted octanol–water partition coefficient (Wildman–Crippen LogP) is 2.96. The maximum atomic E-state index is 12.6. The lowest BCUT2D eigenvalue weighted by atomic mass is 10.1. The Hall–Kier alpha value is -2.91. The minimum atomic E-state index is -3.80. The molecule has 8 nitrogen and oxygen atoms in total. The first-order valence-corrected chi connectivity index (χ1v) is 11.1. The molecule has 30 heavy (non-hydrogen) atoms. The third-order valence-electron chi connectivity index (χ3n) is 4.43. The minimum Gasteiger partial charge on any atom is -0.495 e. The summed E-state index contributed by atoms with van der Waals surface area (Å²) in [5.74, 6) is -0.751. The number of hydrogen-bond donors (Lipinski definition) is 2. The van der Waals surface area contributed by atoms with Gasteiger partial charge in [0.2, 0.25) is 10.0 Å². The highest BCUT2D eigenvalue weighted by Gasteiger charge is 2.30. The van der Waals surface area contributed by atoms with E-state index >= 15 is 0 Å². The van der Waals surface area contributed by atoms with Gasteiger partial charge in [-0.05, 0) is 61.7 Å². The van der Waals surface area contributed by atoms with Gasteiger partial charge < -0.3 is 14.8 Å². The van der Waals surface area contributed by atoms with Crippen LogP contribution in [-0.4, -0.2) is 40.1 Å². The molecule has 2 aromatic carbocycles. The van der Waals surface area contributed by atoms with Gasteiger partial charge in [-0.3, -0.25) is 4.79 Å². The van der Waals surface area contributed by atoms with E-state index in [1.54, 1.807) is 24.3 Å². The van der Waals surface area contributed by atoms with Crippen molar-refractivity contribution < 1.29 is 27.5 Å². The normalized spacial score (nSPS) is 13.5. The molecule has 1 aliphatic rings. The van der Waals surface area contributed by atoms with Gasteiger partial charge in [-0.2, -0.15) is 0 Å². The van der Waals surface area contributed by atoms with E-state index in [9.17, 15) is 18.0 Å². The molecule has 0 atom stereocenters. The monoisotopic (exact) mass is 432 g/mol.